The lowest BCUT2D eigenvalue weighted by Gasteiger charge is -2.32. The fourth-order valence-electron chi connectivity index (χ4n) is 3.51. The van der Waals surface area contributed by atoms with Crippen LogP contribution in [0, 0.1) is 0 Å². The van der Waals surface area contributed by atoms with Crippen LogP contribution in [0.25, 0.3) is 0 Å². The molecular formula is C12H18N2O2. The zero-order valence-corrected chi connectivity index (χ0v) is 9.42. The maximum atomic E-state index is 11.5. The maximum absolute atomic E-state index is 11.5. The van der Waals surface area contributed by atoms with Gasteiger partial charge in [0.1, 0.15) is 11.6 Å². The van der Waals surface area contributed by atoms with Gasteiger partial charge in [-0.1, -0.05) is 12.8 Å². The van der Waals surface area contributed by atoms with Crippen molar-refractivity contribution in [2.75, 3.05) is 0 Å². The quantitative estimate of drug-likeness (QED) is 0.586. The first-order valence-corrected chi connectivity index (χ1v) is 6.26. The molecule has 4 nitrogen and oxygen atoms in total. The molecule has 1 unspecified atom stereocenters. The number of hydrogen-bond acceptors (Lipinski definition) is 4. The van der Waals surface area contributed by atoms with Crippen molar-refractivity contribution in [3.63, 3.8) is 0 Å². The molecule has 4 heteroatoms. The summed E-state index contributed by atoms with van der Waals surface area (Å²) in [7, 11) is 0. The Morgan fingerprint density at radius 1 is 0.938 bits per heavy atom. The van der Waals surface area contributed by atoms with Gasteiger partial charge >= 0.3 is 0 Å². The van der Waals surface area contributed by atoms with E-state index in [1.54, 1.807) is 0 Å². The van der Waals surface area contributed by atoms with E-state index >= 15 is 0 Å². The Balaban J connectivity index is 1.79. The second-order valence-electron chi connectivity index (χ2n) is 5.48. The van der Waals surface area contributed by atoms with E-state index in [9.17, 15) is 9.59 Å². The highest BCUT2D eigenvalue weighted by atomic mass is 16.1. The fourth-order valence-corrected chi connectivity index (χ4v) is 3.51. The van der Waals surface area contributed by atoms with E-state index in [2.05, 4.69) is 10.6 Å². The van der Waals surface area contributed by atoms with E-state index in [1.807, 2.05) is 0 Å². The van der Waals surface area contributed by atoms with E-state index in [0.29, 0.717) is 24.9 Å². The Morgan fingerprint density at radius 3 is 1.94 bits per heavy atom. The zero-order chi connectivity index (χ0) is 11.2. The van der Waals surface area contributed by atoms with Crippen LogP contribution in [0.2, 0.25) is 0 Å². The van der Waals surface area contributed by atoms with Crippen LogP contribution in [0.3, 0.4) is 0 Å². The van der Waals surface area contributed by atoms with Crippen molar-refractivity contribution in [2.45, 2.75) is 62.7 Å². The van der Waals surface area contributed by atoms with Crippen LogP contribution in [0.1, 0.15) is 44.9 Å². The summed E-state index contributed by atoms with van der Waals surface area (Å²) in [5.41, 5.74) is -0.397. The molecule has 3 fully saturated rings. The molecule has 1 spiro atoms. The van der Waals surface area contributed by atoms with Crippen molar-refractivity contribution in [3.05, 3.63) is 0 Å². The third kappa shape index (κ3) is 1.70. The van der Waals surface area contributed by atoms with E-state index < -0.39 is 5.66 Å². The van der Waals surface area contributed by atoms with Crippen molar-refractivity contribution in [1.82, 2.24) is 10.6 Å². The van der Waals surface area contributed by atoms with Gasteiger partial charge in [-0.2, -0.15) is 0 Å². The summed E-state index contributed by atoms with van der Waals surface area (Å²) in [5.74, 6) is 0.157. The number of carbonyl (C=O) groups is 2. The summed E-state index contributed by atoms with van der Waals surface area (Å²) < 4.78 is 0. The Bertz CT molecular complexity index is 308. The molecule has 3 rings (SSSR count). The number of rotatable bonds is 0. The first kappa shape index (κ1) is 10.4. The van der Waals surface area contributed by atoms with Crippen LogP contribution < -0.4 is 10.6 Å². The molecule has 1 saturated heterocycles. The minimum Gasteiger partial charge on any atom is -0.299 e. The largest absolute Gasteiger partial charge is 0.299 e. The average Bonchev–Trinajstić information content (AvgIpc) is 2.52. The summed E-state index contributed by atoms with van der Waals surface area (Å²) in [6, 6.07) is 0.930. The predicted molar refractivity (Wildman–Crippen MR) is 58.9 cm³/mol. The van der Waals surface area contributed by atoms with E-state index in [1.165, 1.54) is 25.7 Å². The Morgan fingerprint density at radius 2 is 1.44 bits per heavy atom. The Hall–Kier alpha value is -0.740. The highest BCUT2D eigenvalue weighted by Gasteiger charge is 2.48. The molecule has 1 heterocycles. The Labute approximate surface area is 95.2 Å². The molecule has 0 amide bonds. The molecule has 2 atom stereocenters. The van der Waals surface area contributed by atoms with Crippen LogP contribution in [0.15, 0.2) is 0 Å². The summed E-state index contributed by atoms with van der Waals surface area (Å²) in [6.45, 7) is 0. The van der Waals surface area contributed by atoms with E-state index in [4.69, 9.17) is 0 Å². The highest BCUT2D eigenvalue weighted by Crippen LogP contribution is 2.32. The molecule has 1 aliphatic heterocycles. The monoisotopic (exact) mass is 222 g/mol. The summed E-state index contributed by atoms with van der Waals surface area (Å²) in [4.78, 5) is 23.1. The smallest absolute Gasteiger partial charge is 0.143 e. The SMILES string of the molecule is O=C1CC(=O)CC2(C1)NC1CCCC[C@@H]1N2. The molecule has 0 bridgehead atoms. The summed E-state index contributed by atoms with van der Waals surface area (Å²) in [6.07, 6.45) is 5.95. The molecule has 0 radical (unpaired) electrons. The fraction of sp³-hybridized carbons (Fsp3) is 0.833. The van der Waals surface area contributed by atoms with Gasteiger partial charge in [-0.3, -0.25) is 20.2 Å². The molecule has 2 N–H and O–H groups in total. The van der Waals surface area contributed by atoms with Crippen molar-refractivity contribution >= 4 is 11.6 Å². The lowest BCUT2D eigenvalue weighted by molar-refractivity contribution is -0.132. The van der Waals surface area contributed by atoms with Gasteiger partial charge in [0.25, 0.3) is 0 Å². The minimum absolute atomic E-state index is 0.0786. The van der Waals surface area contributed by atoms with Gasteiger partial charge in [0, 0.05) is 24.9 Å². The molecule has 2 aliphatic carbocycles. The van der Waals surface area contributed by atoms with Crippen molar-refractivity contribution in [1.29, 1.82) is 0 Å². The van der Waals surface area contributed by atoms with Gasteiger partial charge in [0.2, 0.25) is 0 Å². The second kappa shape index (κ2) is 3.64. The van der Waals surface area contributed by atoms with Crippen molar-refractivity contribution in [2.24, 2.45) is 0 Å². The number of Topliss-reactive ketones (excluding diaryl/α,β-unsaturated/α-hetero) is 2. The van der Waals surface area contributed by atoms with Gasteiger partial charge in [-0.25, -0.2) is 0 Å². The van der Waals surface area contributed by atoms with Crippen LogP contribution in [-0.2, 0) is 9.59 Å². The number of hydrogen-bond donors (Lipinski definition) is 2. The highest BCUT2D eigenvalue weighted by molar-refractivity contribution is 6.02. The molecule has 0 aromatic heterocycles. The predicted octanol–water partition coefficient (Wildman–Crippen LogP) is 0.509. The summed E-state index contributed by atoms with van der Waals surface area (Å²) in [5, 5.41) is 7.03. The first-order chi connectivity index (χ1) is 7.67. The standard InChI is InChI=1S/C12H18N2O2/c15-8-5-9(16)7-12(6-8)13-10-3-1-2-4-11(10)14-12/h10-11,13-14H,1-7H2/t10-,11?/m0/s1. The van der Waals surface area contributed by atoms with Gasteiger partial charge in [-0.05, 0) is 12.8 Å². The van der Waals surface area contributed by atoms with Crippen molar-refractivity contribution in [3.8, 4) is 0 Å². The number of nitrogens with one attached hydrogen (secondary N) is 2. The van der Waals surface area contributed by atoms with Gasteiger partial charge in [0.05, 0.1) is 12.1 Å². The van der Waals surface area contributed by atoms with E-state index in [0.717, 1.165) is 0 Å². The van der Waals surface area contributed by atoms with E-state index in [-0.39, 0.29) is 18.0 Å². The van der Waals surface area contributed by atoms with Gasteiger partial charge < -0.3 is 0 Å². The van der Waals surface area contributed by atoms with Gasteiger partial charge in [0.15, 0.2) is 0 Å². The molecule has 0 aromatic carbocycles. The van der Waals surface area contributed by atoms with Crippen LogP contribution in [0.4, 0.5) is 0 Å². The van der Waals surface area contributed by atoms with Crippen LogP contribution in [0.5, 0.6) is 0 Å². The second-order valence-corrected chi connectivity index (χ2v) is 5.48. The molecule has 2 saturated carbocycles. The molecule has 3 aliphatic rings. The number of ketones is 2. The third-order valence-corrected chi connectivity index (χ3v) is 4.08. The maximum Gasteiger partial charge on any atom is 0.143 e. The lowest BCUT2D eigenvalue weighted by atomic mass is 9.87. The van der Waals surface area contributed by atoms with Crippen molar-refractivity contribution < 1.29 is 9.59 Å². The zero-order valence-electron chi connectivity index (χ0n) is 9.42. The van der Waals surface area contributed by atoms with Crippen LogP contribution >= 0.6 is 0 Å². The molecular weight excluding hydrogens is 204 g/mol. The average molecular weight is 222 g/mol. The molecule has 16 heavy (non-hydrogen) atoms. The third-order valence-electron chi connectivity index (χ3n) is 4.08. The topological polar surface area (TPSA) is 58.2 Å². The lowest BCUT2D eigenvalue weighted by Crippen LogP contribution is -2.56. The molecule has 88 valence electrons. The normalized spacial score (nSPS) is 37.8. The molecule has 0 aromatic rings. The Kier molecular flexibility index (Phi) is 2.37. The number of carbonyl (C=O) groups excluding carboxylic acids is 2. The van der Waals surface area contributed by atoms with Gasteiger partial charge in [-0.15, -0.1) is 0 Å². The van der Waals surface area contributed by atoms with Crippen LogP contribution in [-0.4, -0.2) is 29.3 Å². The number of fused-ring (bicyclic) bond motifs is 1. The first-order valence-electron chi connectivity index (χ1n) is 6.26. The minimum atomic E-state index is -0.397. The summed E-state index contributed by atoms with van der Waals surface area (Å²) >= 11 is 0.